The maximum Gasteiger partial charge on any atom is 0.226 e. The van der Waals surface area contributed by atoms with Crippen molar-refractivity contribution in [1.29, 1.82) is 0 Å². The standard InChI is InChI=1S/C20H27N3O3/c1-15-8-9-17(19(24)21-10-11-25-2)12-23(15)13-18-14-26-20(22-18)16-6-4-3-5-7-16/h3-7,14-15,17H,8-13H2,1-2H3,(H,21,24). The first-order chi connectivity index (χ1) is 12.7. The molecule has 1 N–H and O–H groups in total. The van der Waals surface area contributed by atoms with Crippen LogP contribution in [0, 0.1) is 5.92 Å². The number of aromatic nitrogens is 1. The summed E-state index contributed by atoms with van der Waals surface area (Å²) >= 11 is 0. The third-order valence-electron chi connectivity index (χ3n) is 4.92. The smallest absolute Gasteiger partial charge is 0.226 e. The lowest BCUT2D eigenvalue weighted by Crippen LogP contribution is -2.46. The van der Waals surface area contributed by atoms with Crippen molar-refractivity contribution in [2.45, 2.75) is 32.4 Å². The van der Waals surface area contributed by atoms with E-state index in [0.29, 0.717) is 31.6 Å². The highest BCUT2D eigenvalue weighted by Crippen LogP contribution is 2.25. The number of oxazole rings is 1. The van der Waals surface area contributed by atoms with E-state index in [1.165, 1.54) is 0 Å². The van der Waals surface area contributed by atoms with Gasteiger partial charge in [-0.3, -0.25) is 9.69 Å². The summed E-state index contributed by atoms with van der Waals surface area (Å²) in [4.78, 5) is 19.3. The molecular weight excluding hydrogens is 330 g/mol. The van der Waals surface area contributed by atoms with Gasteiger partial charge in [0.05, 0.1) is 18.2 Å². The van der Waals surface area contributed by atoms with Gasteiger partial charge in [-0.05, 0) is 31.9 Å². The highest BCUT2D eigenvalue weighted by atomic mass is 16.5. The van der Waals surface area contributed by atoms with Gasteiger partial charge in [-0.2, -0.15) is 0 Å². The SMILES string of the molecule is COCCNC(=O)C1CCC(C)N(Cc2coc(-c3ccccc3)n2)C1. The third-order valence-corrected chi connectivity index (χ3v) is 4.92. The molecule has 1 saturated heterocycles. The lowest BCUT2D eigenvalue weighted by Gasteiger charge is -2.36. The second-order valence-electron chi connectivity index (χ2n) is 6.85. The third kappa shape index (κ3) is 4.71. The van der Waals surface area contributed by atoms with E-state index < -0.39 is 0 Å². The Bertz CT molecular complexity index is 701. The van der Waals surface area contributed by atoms with Gasteiger partial charge in [0.15, 0.2) is 0 Å². The van der Waals surface area contributed by atoms with Crippen LogP contribution in [0.15, 0.2) is 41.0 Å². The quantitative estimate of drug-likeness (QED) is 0.772. The van der Waals surface area contributed by atoms with Crippen molar-refractivity contribution in [2.75, 3.05) is 26.8 Å². The second kappa shape index (κ2) is 8.96. The molecule has 0 radical (unpaired) electrons. The predicted octanol–water partition coefficient (Wildman–Crippen LogP) is 2.70. The second-order valence-corrected chi connectivity index (χ2v) is 6.85. The Kier molecular flexibility index (Phi) is 6.41. The summed E-state index contributed by atoms with van der Waals surface area (Å²) in [5, 5.41) is 2.95. The summed E-state index contributed by atoms with van der Waals surface area (Å²) < 4.78 is 10.6. The van der Waals surface area contributed by atoms with Gasteiger partial charge >= 0.3 is 0 Å². The van der Waals surface area contributed by atoms with Crippen molar-refractivity contribution >= 4 is 5.91 Å². The fourth-order valence-corrected chi connectivity index (χ4v) is 3.34. The summed E-state index contributed by atoms with van der Waals surface area (Å²) in [6.07, 6.45) is 3.65. The summed E-state index contributed by atoms with van der Waals surface area (Å²) in [6.45, 7) is 4.75. The molecule has 0 saturated carbocycles. The average Bonchev–Trinajstić information content (AvgIpc) is 3.13. The Morgan fingerprint density at radius 1 is 1.35 bits per heavy atom. The number of amides is 1. The van der Waals surface area contributed by atoms with E-state index in [-0.39, 0.29) is 11.8 Å². The minimum absolute atomic E-state index is 0.0172. The van der Waals surface area contributed by atoms with E-state index in [9.17, 15) is 4.79 Å². The topological polar surface area (TPSA) is 67.6 Å². The number of nitrogens with one attached hydrogen (secondary N) is 1. The van der Waals surface area contributed by atoms with Crippen LogP contribution < -0.4 is 5.32 Å². The molecular formula is C20H27N3O3. The summed E-state index contributed by atoms with van der Waals surface area (Å²) in [5.41, 5.74) is 1.87. The van der Waals surface area contributed by atoms with Crippen LogP contribution in [0.4, 0.5) is 0 Å². The fraction of sp³-hybridized carbons (Fsp3) is 0.500. The molecule has 1 fully saturated rings. The molecule has 0 aliphatic carbocycles. The molecule has 0 spiro atoms. The molecule has 2 heterocycles. The summed E-state index contributed by atoms with van der Waals surface area (Å²) in [5.74, 6) is 0.770. The maximum absolute atomic E-state index is 12.3. The number of likely N-dealkylation sites (tertiary alicyclic amines) is 1. The van der Waals surface area contributed by atoms with Crippen molar-refractivity contribution < 1.29 is 13.9 Å². The van der Waals surface area contributed by atoms with Gasteiger partial charge in [0.2, 0.25) is 11.8 Å². The molecule has 6 nitrogen and oxygen atoms in total. The average molecular weight is 357 g/mol. The molecule has 1 aromatic carbocycles. The monoisotopic (exact) mass is 357 g/mol. The highest BCUT2D eigenvalue weighted by molar-refractivity contribution is 5.79. The van der Waals surface area contributed by atoms with E-state index in [2.05, 4.69) is 22.1 Å². The number of methoxy groups -OCH3 is 1. The van der Waals surface area contributed by atoms with E-state index in [1.54, 1.807) is 13.4 Å². The molecule has 2 aromatic rings. The Balaban J connectivity index is 1.59. The normalized spacial score (nSPS) is 20.8. The van der Waals surface area contributed by atoms with E-state index in [0.717, 1.165) is 30.6 Å². The van der Waals surface area contributed by atoms with Crippen LogP contribution in [0.25, 0.3) is 11.5 Å². The number of benzene rings is 1. The summed E-state index contributed by atoms with van der Waals surface area (Å²) in [6, 6.07) is 10.3. The molecule has 0 bridgehead atoms. The van der Waals surface area contributed by atoms with Crippen LogP contribution in [0.5, 0.6) is 0 Å². The zero-order valence-corrected chi connectivity index (χ0v) is 15.5. The Hall–Kier alpha value is -2.18. The van der Waals surface area contributed by atoms with Gasteiger partial charge in [0.1, 0.15) is 6.26 Å². The Labute approximate surface area is 154 Å². The maximum atomic E-state index is 12.3. The molecule has 1 amide bonds. The molecule has 6 heteroatoms. The van der Waals surface area contributed by atoms with Crippen molar-refractivity contribution in [2.24, 2.45) is 5.92 Å². The van der Waals surface area contributed by atoms with Crippen molar-refractivity contribution in [3.8, 4) is 11.5 Å². The van der Waals surface area contributed by atoms with Crippen molar-refractivity contribution in [3.05, 3.63) is 42.3 Å². The Morgan fingerprint density at radius 3 is 2.92 bits per heavy atom. The van der Waals surface area contributed by atoms with E-state index >= 15 is 0 Å². The number of carbonyl (C=O) groups excluding carboxylic acids is 1. The molecule has 1 aliphatic heterocycles. The van der Waals surface area contributed by atoms with Gasteiger partial charge < -0.3 is 14.5 Å². The molecule has 140 valence electrons. The minimum atomic E-state index is 0.0172. The first-order valence-electron chi connectivity index (χ1n) is 9.18. The van der Waals surface area contributed by atoms with Crippen molar-refractivity contribution in [3.63, 3.8) is 0 Å². The zero-order valence-electron chi connectivity index (χ0n) is 15.5. The van der Waals surface area contributed by atoms with Crippen LogP contribution in [0.2, 0.25) is 0 Å². The summed E-state index contributed by atoms with van der Waals surface area (Å²) in [7, 11) is 1.64. The highest BCUT2D eigenvalue weighted by Gasteiger charge is 2.30. The lowest BCUT2D eigenvalue weighted by molar-refractivity contribution is -0.127. The van der Waals surface area contributed by atoms with E-state index in [1.807, 2.05) is 30.3 Å². The fourth-order valence-electron chi connectivity index (χ4n) is 3.34. The van der Waals surface area contributed by atoms with E-state index in [4.69, 9.17) is 9.15 Å². The van der Waals surface area contributed by atoms with Crippen LogP contribution in [-0.2, 0) is 16.1 Å². The number of ether oxygens (including phenoxy) is 1. The number of piperidine rings is 1. The number of hydrogen-bond donors (Lipinski definition) is 1. The number of nitrogens with zero attached hydrogens (tertiary/aromatic N) is 2. The van der Waals surface area contributed by atoms with Gasteiger partial charge in [-0.15, -0.1) is 0 Å². The molecule has 1 aliphatic rings. The van der Waals surface area contributed by atoms with Crippen molar-refractivity contribution in [1.82, 2.24) is 15.2 Å². The number of hydrogen-bond acceptors (Lipinski definition) is 5. The Morgan fingerprint density at radius 2 is 2.15 bits per heavy atom. The zero-order chi connectivity index (χ0) is 18.4. The van der Waals surface area contributed by atoms with Crippen LogP contribution in [0.3, 0.4) is 0 Å². The molecule has 1 aromatic heterocycles. The number of rotatable bonds is 7. The molecule has 26 heavy (non-hydrogen) atoms. The largest absolute Gasteiger partial charge is 0.444 e. The van der Waals surface area contributed by atoms with Gasteiger partial charge in [0, 0.05) is 38.3 Å². The lowest BCUT2D eigenvalue weighted by atomic mass is 9.92. The van der Waals surface area contributed by atoms with Crippen LogP contribution in [0.1, 0.15) is 25.5 Å². The molecule has 3 rings (SSSR count). The van der Waals surface area contributed by atoms with Gasteiger partial charge in [0.25, 0.3) is 0 Å². The predicted molar refractivity (Wildman–Crippen MR) is 99.4 cm³/mol. The van der Waals surface area contributed by atoms with Crippen LogP contribution >= 0.6 is 0 Å². The van der Waals surface area contributed by atoms with Crippen LogP contribution in [-0.4, -0.2) is 48.6 Å². The van der Waals surface area contributed by atoms with Gasteiger partial charge in [-0.25, -0.2) is 4.98 Å². The molecule has 2 unspecified atom stereocenters. The molecule has 2 atom stereocenters. The van der Waals surface area contributed by atoms with Gasteiger partial charge in [-0.1, -0.05) is 18.2 Å². The first-order valence-corrected chi connectivity index (χ1v) is 9.18. The minimum Gasteiger partial charge on any atom is -0.444 e. The first kappa shape index (κ1) is 18.6. The number of carbonyl (C=O) groups is 1.